The molecule has 0 spiro atoms. The molecule has 0 aromatic carbocycles. The van der Waals surface area contributed by atoms with Gasteiger partial charge in [0, 0.05) is 38.6 Å². The Bertz CT molecular complexity index is 649. The van der Waals surface area contributed by atoms with Gasteiger partial charge >= 0.3 is 0 Å². The zero-order valence-corrected chi connectivity index (χ0v) is 13.5. The number of aromatic nitrogens is 3. The molecule has 0 saturated carbocycles. The monoisotopic (exact) mass is 331 g/mol. The molecule has 7 heteroatoms. The summed E-state index contributed by atoms with van der Waals surface area (Å²) in [4.78, 5) is 29.0. The van der Waals surface area contributed by atoms with Crippen molar-refractivity contribution in [2.24, 2.45) is 0 Å². The van der Waals surface area contributed by atoms with Crippen molar-refractivity contribution in [3.05, 3.63) is 47.5 Å². The van der Waals surface area contributed by atoms with Gasteiger partial charge in [0.25, 0.3) is 0 Å². The van der Waals surface area contributed by atoms with E-state index < -0.39 is 0 Å². The van der Waals surface area contributed by atoms with Crippen LogP contribution in [0.25, 0.3) is 0 Å². The van der Waals surface area contributed by atoms with Crippen LogP contribution in [-0.2, 0) is 11.2 Å². The Labute approximate surface area is 140 Å². The van der Waals surface area contributed by atoms with Gasteiger partial charge in [-0.25, -0.2) is 9.97 Å². The van der Waals surface area contributed by atoms with Gasteiger partial charge in [-0.3, -0.25) is 9.78 Å². The highest BCUT2D eigenvalue weighted by atomic mass is 35.5. The number of nitrogens with zero attached hydrogens (tertiary/aromatic N) is 5. The van der Waals surface area contributed by atoms with E-state index in [9.17, 15) is 4.79 Å². The Kier molecular flexibility index (Phi) is 5.02. The SMILES string of the molecule is O=C(Cc1cccnc1)N1CCCN(c2ncc(Cl)cn2)CC1. The van der Waals surface area contributed by atoms with Crippen molar-refractivity contribution in [3.63, 3.8) is 0 Å². The lowest BCUT2D eigenvalue weighted by Gasteiger charge is -2.22. The molecule has 1 fully saturated rings. The zero-order chi connectivity index (χ0) is 16.1. The molecular formula is C16H18ClN5O. The number of amides is 1. The molecule has 1 amide bonds. The van der Waals surface area contributed by atoms with Crippen molar-refractivity contribution in [2.75, 3.05) is 31.1 Å². The Hall–Kier alpha value is -2.21. The summed E-state index contributed by atoms with van der Waals surface area (Å²) in [6.45, 7) is 2.98. The molecule has 6 nitrogen and oxygen atoms in total. The minimum Gasteiger partial charge on any atom is -0.341 e. The second-order valence-corrected chi connectivity index (χ2v) is 5.90. The van der Waals surface area contributed by atoms with E-state index in [1.54, 1.807) is 24.8 Å². The topological polar surface area (TPSA) is 62.2 Å². The minimum atomic E-state index is 0.136. The van der Waals surface area contributed by atoms with Crippen molar-refractivity contribution in [3.8, 4) is 0 Å². The lowest BCUT2D eigenvalue weighted by atomic mass is 10.2. The third kappa shape index (κ3) is 4.16. The lowest BCUT2D eigenvalue weighted by molar-refractivity contribution is -0.130. The smallest absolute Gasteiger partial charge is 0.227 e. The number of carbonyl (C=O) groups excluding carboxylic acids is 1. The first kappa shape index (κ1) is 15.7. The second-order valence-electron chi connectivity index (χ2n) is 5.46. The first-order valence-corrected chi connectivity index (χ1v) is 7.99. The predicted octanol–water partition coefficient (Wildman–Crippen LogP) is 1.81. The van der Waals surface area contributed by atoms with Gasteiger partial charge in [0.1, 0.15) is 0 Å². The van der Waals surface area contributed by atoms with Crippen LogP contribution in [0.2, 0.25) is 5.02 Å². The van der Waals surface area contributed by atoms with Gasteiger partial charge in [0.05, 0.1) is 23.8 Å². The molecule has 0 unspecified atom stereocenters. The number of halogens is 1. The fraction of sp³-hybridized carbons (Fsp3) is 0.375. The second kappa shape index (κ2) is 7.37. The number of hydrogen-bond acceptors (Lipinski definition) is 5. The van der Waals surface area contributed by atoms with E-state index in [1.165, 1.54) is 0 Å². The van der Waals surface area contributed by atoms with Crippen molar-refractivity contribution in [2.45, 2.75) is 12.8 Å². The first-order valence-electron chi connectivity index (χ1n) is 7.61. The van der Waals surface area contributed by atoms with Crippen molar-refractivity contribution in [1.82, 2.24) is 19.9 Å². The van der Waals surface area contributed by atoms with E-state index in [2.05, 4.69) is 19.9 Å². The summed E-state index contributed by atoms with van der Waals surface area (Å²) in [5.74, 6) is 0.799. The molecule has 0 bridgehead atoms. The summed E-state index contributed by atoms with van der Waals surface area (Å²) in [5.41, 5.74) is 0.944. The van der Waals surface area contributed by atoms with Gasteiger partial charge in [-0.1, -0.05) is 17.7 Å². The first-order chi connectivity index (χ1) is 11.2. The molecule has 3 rings (SSSR count). The van der Waals surface area contributed by atoms with Crippen molar-refractivity contribution < 1.29 is 4.79 Å². The zero-order valence-electron chi connectivity index (χ0n) is 12.7. The number of carbonyl (C=O) groups is 1. The van der Waals surface area contributed by atoms with E-state index in [4.69, 9.17) is 11.6 Å². The summed E-state index contributed by atoms with van der Waals surface area (Å²) >= 11 is 5.82. The van der Waals surface area contributed by atoms with Crippen LogP contribution in [0.4, 0.5) is 5.95 Å². The molecule has 0 aliphatic carbocycles. The molecule has 1 aliphatic rings. The van der Waals surface area contributed by atoms with Crippen LogP contribution in [-0.4, -0.2) is 51.9 Å². The van der Waals surface area contributed by atoms with Crippen LogP contribution in [0, 0.1) is 0 Å². The molecule has 120 valence electrons. The maximum atomic E-state index is 12.4. The molecule has 23 heavy (non-hydrogen) atoms. The van der Waals surface area contributed by atoms with E-state index >= 15 is 0 Å². The van der Waals surface area contributed by atoms with Gasteiger partial charge in [-0.05, 0) is 18.1 Å². The third-order valence-electron chi connectivity index (χ3n) is 3.82. The average molecular weight is 332 g/mol. The van der Waals surface area contributed by atoms with E-state index in [-0.39, 0.29) is 5.91 Å². The number of rotatable bonds is 3. The van der Waals surface area contributed by atoms with Crippen LogP contribution in [0.3, 0.4) is 0 Å². The maximum absolute atomic E-state index is 12.4. The summed E-state index contributed by atoms with van der Waals surface area (Å²) in [5, 5.41) is 0.525. The summed E-state index contributed by atoms with van der Waals surface area (Å²) in [7, 11) is 0. The quantitative estimate of drug-likeness (QED) is 0.858. The Morgan fingerprint density at radius 1 is 1.13 bits per heavy atom. The van der Waals surface area contributed by atoms with Gasteiger partial charge < -0.3 is 9.80 Å². The van der Waals surface area contributed by atoms with Crippen molar-refractivity contribution >= 4 is 23.5 Å². The minimum absolute atomic E-state index is 0.136. The predicted molar refractivity (Wildman–Crippen MR) is 88.4 cm³/mol. The molecule has 2 aromatic rings. The Morgan fingerprint density at radius 2 is 1.96 bits per heavy atom. The standard InChI is InChI=1S/C16H18ClN5O/c17-14-11-19-16(20-12-14)22-6-2-5-21(7-8-22)15(23)9-13-3-1-4-18-10-13/h1,3-4,10-12H,2,5-9H2. The highest BCUT2D eigenvalue weighted by Gasteiger charge is 2.20. The molecule has 0 N–H and O–H groups in total. The largest absolute Gasteiger partial charge is 0.341 e. The average Bonchev–Trinajstić information content (AvgIpc) is 2.83. The van der Waals surface area contributed by atoms with Crippen LogP contribution in [0.5, 0.6) is 0 Å². The number of pyridine rings is 1. The van der Waals surface area contributed by atoms with E-state index in [1.807, 2.05) is 17.0 Å². The third-order valence-corrected chi connectivity index (χ3v) is 4.01. The molecule has 2 aromatic heterocycles. The summed E-state index contributed by atoms with van der Waals surface area (Å²) in [6, 6.07) is 3.78. The maximum Gasteiger partial charge on any atom is 0.227 e. The Balaban J connectivity index is 1.59. The van der Waals surface area contributed by atoms with Gasteiger partial charge in [-0.15, -0.1) is 0 Å². The molecule has 1 saturated heterocycles. The van der Waals surface area contributed by atoms with Gasteiger partial charge in [0.2, 0.25) is 11.9 Å². The van der Waals surface area contributed by atoms with E-state index in [0.29, 0.717) is 23.9 Å². The van der Waals surface area contributed by atoms with Crippen LogP contribution in [0.1, 0.15) is 12.0 Å². The molecule has 1 aliphatic heterocycles. The molecular weight excluding hydrogens is 314 g/mol. The Morgan fingerprint density at radius 3 is 2.70 bits per heavy atom. The van der Waals surface area contributed by atoms with Gasteiger partial charge in [-0.2, -0.15) is 0 Å². The fourth-order valence-electron chi connectivity index (χ4n) is 2.62. The number of hydrogen-bond donors (Lipinski definition) is 0. The summed E-state index contributed by atoms with van der Waals surface area (Å²) in [6.07, 6.45) is 7.93. The lowest BCUT2D eigenvalue weighted by Crippen LogP contribution is -2.36. The van der Waals surface area contributed by atoms with Crippen LogP contribution < -0.4 is 4.90 Å². The summed E-state index contributed by atoms with van der Waals surface area (Å²) < 4.78 is 0. The normalized spacial score (nSPS) is 15.3. The molecule has 3 heterocycles. The van der Waals surface area contributed by atoms with Crippen molar-refractivity contribution in [1.29, 1.82) is 0 Å². The van der Waals surface area contributed by atoms with E-state index in [0.717, 1.165) is 31.6 Å². The van der Waals surface area contributed by atoms with Gasteiger partial charge in [0.15, 0.2) is 0 Å². The fourth-order valence-corrected chi connectivity index (χ4v) is 2.72. The van der Waals surface area contributed by atoms with Crippen LogP contribution >= 0.6 is 11.6 Å². The highest BCUT2D eigenvalue weighted by molar-refractivity contribution is 6.30. The number of anilines is 1. The highest BCUT2D eigenvalue weighted by Crippen LogP contribution is 2.14. The molecule has 0 radical (unpaired) electrons. The van der Waals surface area contributed by atoms with Crippen LogP contribution in [0.15, 0.2) is 36.9 Å². The molecule has 0 atom stereocenters.